The number of benzene rings is 1. The first kappa shape index (κ1) is 14.4. The van der Waals surface area contributed by atoms with Crippen molar-refractivity contribution >= 4 is 5.69 Å². The summed E-state index contributed by atoms with van der Waals surface area (Å²) in [5, 5.41) is 3.58. The van der Waals surface area contributed by atoms with Crippen LogP contribution in [-0.4, -0.2) is 50.6 Å². The number of piperidine rings is 1. The van der Waals surface area contributed by atoms with Crippen LogP contribution in [0.1, 0.15) is 18.4 Å². The lowest BCUT2D eigenvalue weighted by Gasteiger charge is -2.29. The van der Waals surface area contributed by atoms with E-state index in [0.29, 0.717) is 0 Å². The van der Waals surface area contributed by atoms with Gasteiger partial charge in [-0.2, -0.15) is 0 Å². The van der Waals surface area contributed by atoms with Gasteiger partial charge in [0.2, 0.25) is 0 Å². The molecule has 1 aromatic carbocycles. The molecule has 0 spiro atoms. The summed E-state index contributed by atoms with van der Waals surface area (Å²) in [5.41, 5.74) is 2.62. The molecule has 106 valence electrons. The molecule has 0 unspecified atom stereocenters. The molecule has 1 aromatic rings. The van der Waals surface area contributed by atoms with Gasteiger partial charge in [-0.25, -0.2) is 0 Å². The Morgan fingerprint density at radius 2 is 1.79 bits per heavy atom. The van der Waals surface area contributed by atoms with Crippen LogP contribution >= 0.6 is 0 Å². The van der Waals surface area contributed by atoms with E-state index >= 15 is 0 Å². The Kier molecular flexibility index (Phi) is 5.23. The lowest BCUT2D eigenvalue weighted by atomic mass is 9.97. The zero-order valence-electron chi connectivity index (χ0n) is 12.5. The van der Waals surface area contributed by atoms with E-state index in [2.05, 4.69) is 60.5 Å². The summed E-state index contributed by atoms with van der Waals surface area (Å²) >= 11 is 0. The van der Waals surface area contributed by atoms with Crippen LogP contribution in [0.3, 0.4) is 0 Å². The van der Waals surface area contributed by atoms with E-state index in [1.165, 1.54) is 37.2 Å². The average molecular weight is 261 g/mol. The van der Waals surface area contributed by atoms with E-state index in [1.54, 1.807) is 0 Å². The summed E-state index contributed by atoms with van der Waals surface area (Å²) in [5.74, 6) is 0.831. The third-order valence-corrected chi connectivity index (χ3v) is 3.89. The number of likely N-dealkylation sites (tertiary alicyclic amines) is 1. The SMILES string of the molecule is CN(C)Cc1ccc(NCC2CCN(C)CC2)cc1. The Morgan fingerprint density at radius 3 is 2.37 bits per heavy atom. The molecule has 3 nitrogen and oxygen atoms in total. The van der Waals surface area contributed by atoms with Gasteiger partial charge in [0, 0.05) is 18.8 Å². The standard InChI is InChI=1S/C16H27N3/c1-18(2)13-15-4-6-16(7-5-15)17-12-14-8-10-19(3)11-9-14/h4-7,14,17H,8-13H2,1-3H3. The molecule has 0 radical (unpaired) electrons. The molecule has 1 fully saturated rings. The smallest absolute Gasteiger partial charge is 0.0340 e. The number of hydrogen-bond acceptors (Lipinski definition) is 3. The number of nitrogens with zero attached hydrogens (tertiary/aromatic N) is 2. The highest BCUT2D eigenvalue weighted by Crippen LogP contribution is 2.17. The Labute approximate surface area is 117 Å². The Morgan fingerprint density at radius 1 is 1.16 bits per heavy atom. The highest BCUT2D eigenvalue weighted by molar-refractivity contribution is 5.44. The normalized spacial score (nSPS) is 17.9. The van der Waals surface area contributed by atoms with Crippen molar-refractivity contribution < 1.29 is 0 Å². The summed E-state index contributed by atoms with van der Waals surface area (Å²) in [6.07, 6.45) is 2.64. The largest absolute Gasteiger partial charge is 0.385 e. The lowest BCUT2D eigenvalue weighted by Crippen LogP contribution is -2.32. The van der Waals surface area contributed by atoms with E-state index in [4.69, 9.17) is 0 Å². The van der Waals surface area contributed by atoms with E-state index in [9.17, 15) is 0 Å². The molecule has 1 saturated heterocycles. The molecule has 0 saturated carbocycles. The van der Waals surface area contributed by atoms with Crippen LogP contribution in [0, 0.1) is 5.92 Å². The maximum atomic E-state index is 3.58. The molecule has 2 rings (SSSR count). The van der Waals surface area contributed by atoms with Crippen LogP contribution in [0.4, 0.5) is 5.69 Å². The first-order valence-corrected chi connectivity index (χ1v) is 7.29. The number of hydrogen-bond donors (Lipinski definition) is 1. The molecule has 1 heterocycles. The van der Waals surface area contributed by atoms with Crippen LogP contribution in [-0.2, 0) is 6.54 Å². The quantitative estimate of drug-likeness (QED) is 0.878. The van der Waals surface area contributed by atoms with Gasteiger partial charge in [-0.05, 0) is 70.7 Å². The maximum Gasteiger partial charge on any atom is 0.0340 e. The van der Waals surface area contributed by atoms with Crippen LogP contribution < -0.4 is 5.32 Å². The fraction of sp³-hybridized carbons (Fsp3) is 0.625. The monoisotopic (exact) mass is 261 g/mol. The minimum atomic E-state index is 0.831. The molecular formula is C16H27N3. The zero-order chi connectivity index (χ0) is 13.7. The van der Waals surface area contributed by atoms with Crippen molar-refractivity contribution in [1.29, 1.82) is 0 Å². The maximum absolute atomic E-state index is 3.58. The van der Waals surface area contributed by atoms with E-state index < -0.39 is 0 Å². The predicted molar refractivity (Wildman–Crippen MR) is 82.5 cm³/mol. The average Bonchev–Trinajstić information content (AvgIpc) is 2.39. The topological polar surface area (TPSA) is 18.5 Å². The molecule has 1 aliphatic heterocycles. The van der Waals surface area contributed by atoms with Crippen molar-refractivity contribution in [1.82, 2.24) is 9.80 Å². The molecule has 0 aliphatic carbocycles. The van der Waals surface area contributed by atoms with Crippen molar-refractivity contribution in [2.75, 3.05) is 46.1 Å². The van der Waals surface area contributed by atoms with Crippen molar-refractivity contribution in [3.63, 3.8) is 0 Å². The van der Waals surface area contributed by atoms with Crippen molar-refractivity contribution in [3.05, 3.63) is 29.8 Å². The second-order valence-electron chi connectivity index (χ2n) is 6.06. The molecule has 1 N–H and O–H groups in total. The first-order chi connectivity index (χ1) is 9.13. The molecule has 0 amide bonds. The summed E-state index contributed by atoms with van der Waals surface area (Å²) in [6, 6.07) is 8.84. The Hall–Kier alpha value is -1.06. The van der Waals surface area contributed by atoms with Gasteiger partial charge < -0.3 is 15.1 Å². The van der Waals surface area contributed by atoms with Gasteiger partial charge >= 0.3 is 0 Å². The van der Waals surface area contributed by atoms with Gasteiger partial charge in [0.25, 0.3) is 0 Å². The minimum Gasteiger partial charge on any atom is -0.385 e. The molecule has 0 atom stereocenters. The lowest BCUT2D eigenvalue weighted by molar-refractivity contribution is 0.226. The molecule has 1 aliphatic rings. The van der Waals surface area contributed by atoms with E-state index in [-0.39, 0.29) is 0 Å². The zero-order valence-corrected chi connectivity index (χ0v) is 12.5. The van der Waals surface area contributed by atoms with Crippen LogP contribution in [0.25, 0.3) is 0 Å². The van der Waals surface area contributed by atoms with Crippen molar-refractivity contribution in [2.45, 2.75) is 19.4 Å². The van der Waals surface area contributed by atoms with Gasteiger partial charge in [-0.3, -0.25) is 0 Å². The third kappa shape index (κ3) is 4.84. The highest BCUT2D eigenvalue weighted by atomic mass is 15.1. The highest BCUT2D eigenvalue weighted by Gasteiger charge is 2.15. The van der Waals surface area contributed by atoms with Crippen LogP contribution in [0.2, 0.25) is 0 Å². The van der Waals surface area contributed by atoms with Gasteiger partial charge in [0.15, 0.2) is 0 Å². The van der Waals surface area contributed by atoms with Crippen LogP contribution in [0.5, 0.6) is 0 Å². The van der Waals surface area contributed by atoms with Gasteiger partial charge in [0.05, 0.1) is 0 Å². The first-order valence-electron chi connectivity index (χ1n) is 7.29. The summed E-state index contributed by atoms with van der Waals surface area (Å²) in [6.45, 7) is 4.61. The Bertz CT molecular complexity index is 364. The van der Waals surface area contributed by atoms with E-state index in [1.807, 2.05) is 0 Å². The molecule has 19 heavy (non-hydrogen) atoms. The molecule has 0 bridgehead atoms. The second-order valence-corrected chi connectivity index (χ2v) is 6.06. The molecule has 0 aromatic heterocycles. The van der Waals surface area contributed by atoms with Gasteiger partial charge in [0.1, 0.15) is 0 Å². The number of anilines is 1. The van der Waals surface area contributed by atoms with Crippen molar-refractivity contribution in [2.24, 2.45) is 5.92 Å². The van der Waals surface area contributed by atoms with Gasteiger partial charge in [-0.1, -0.05) is 12.1 Å². The third-order valence-electron chi connectivity index (χ3n) is 3.89. The van der Waals surface area contributed by atoms with E-state index in [0.717, 1.165) is 19.0 Å². The number of rotatable bonds is 5. The minimum absolute atomic E-state index is 0.831. The summed E-state index contributed by atoms with van der Waals surface area (Å²) < 4.78 is 0. The van der Waals surface area contributed by atoms with Crippen molar-refractivity contribution in [3.8, 4) is 0 Å². The summed E-state index contributed by atoms with van der Waals surface area (Å²) in [4.78, 5) is 4.62. The fourth-order valence-corrected chi connectivity index (χ4v) is 2.62. The number of nitrogens with one attached hydrogen (secondary N) is 1. The molecular weight excluding hydrogens is 234 g/mol. The fourth-order valence-electron chi connectivity index (χ4n) is 2.62. The van der Waals surface area contributed by atoms with Gasteiger partial charge in [-0.15, -0.1) is 0 Å². The predicted octanol–water partition coefficient (Wildman–Crippen LogP) is 2.50. The Balaban J connectivity index is 1.76. The molecule has 3 heteroatoms. The van der Waals surface area contributed by atoms with Crippen LogP contribution in [0.15, 0.2) is 24.3 Å². The second kappa shape index (κ2) is 6.92. The summed E-state index contributed by atoms with van der Waals surface area (Å²) in [7, 11) is 6.42.